The van der Waals surface area contributed by atoms with Crippen molar-refractivity contribution in [1.29, 1.82) is 0 Å². The van der Waals surface area contributed by atoms with Gasteiger partial charge in [0.05, 0.1) is 17.3 Å². The number of alkyl halides is 6. The fourth-order valence-electron chi connectivity index (χ4n) is 11.4. The first-order valence-corrected chi connectivity index (χ1v) is 27.8. The van der Waals surface area contributed by atoms with Crippen LogP contribution < -0.4 is 0 Å². The number of rotatable bonds is 6. The van der Waals surface area contributed by atoms with Crippen LogP contribution in [0.5, 0.6) is 0 Å². The summed E-state index contributed by atoms with van der Waals surface area (Å²) < 4.78 is 86.4. The molecule has 1 saturated heterocycles. The topological polar surface area (TPSA) is 89.9 Å². The Bertz CT molecular complexity index is 1350. The molecular formula is C52H102F6I2O6. The minimum Gasteiger partial charge on any atom is -0.459 e. The van der Waals surface area contributed by atoms with Gasteiger partial charge < -0.3 is 14.6 Å². The summed E-state index contributed by atoms with van der Waals surface area (Å²) in [5, 5.41) is 9.28. The van der Waals surface area contributed by atoms with Gasteiger partial charge in [0.1, 0.15) is 5.60 Å². The first-order valence-electron chi connectivity index (χ1n) is 21.5. The van der Waals surface area contributed by atoms with Crippen LogP contribution in [0, 0.1) is 88.3 Å². The average molecular weight is 1190 g/mol. The molecule has 14 heteroatoms. The summed E-state index contributed by atoms with van der Waals surface area (Å²) in [5.41, 5.74) is -5.23. The summed E-state index contributed by atoms with van der Waals surface area (Å²) in [6.07, 6.45) is -0.793. The summed E-state index contributed by atoms with van der Waals surface area (Å²) in [7, 11) is 0. The van der Waals surface area contributed by atoms with Crippen molar-refractivity contribution in [1.82, 2.24) is 0 Å². The zero-order chi connectivity index (χ0) is 44.5. The van der Waals surface area contributed by atoms with Crippen LogP contribution in [0.15, 0.2) is 0 Å². The van der Waals surface area contributed by atoms with Crippen molar-refractivity contribution in [2.24, 2.45) is 88.3 Å². The lowest BCUT2D eigenvalue weighted by atomic mass is 9.72. The quantitative estimate of drug-likeness (QED) is 0.123. The van der Waals surface area contributed by atoms with Crippen molar-refractivity contribution in [3.63, 3.8) is 0 Å². The normalized spacial score (nSPS) is 32.9. The van der Waals surface area contributed by atoms with Gasteiger partial charge in [-0.1, -0.05) is 114 Å². The molecule has 6 saturated carbocycles. The van der Waals surface area contributed by atoms with E-state index in [-0.39, 0.29) is 106 Å². The van der Waals surface area contributed by atoms with Gasteiger partial charge in [0.25, 0.3) is 5.60 Å². The van der Waals surface area contributed by atoms with Crippen LogP contribution in [0.2, 0.25) is 0 Å². The Morgan fingerprint density at radius 2 is 1.03 bits per heavy atom. The molecule has 14 unspecified atom stereocenters. The minimum absolute atomic E-state index is 0. The van der Waals surface area contributed by atoms with Crippen LogP contribution in [0.1, 0.15) is 206 Å². The second-order valence-corrected chi connectivity index (χ2v) is 20.3. The molecular weight excluding hydrogens is 1090 g/mol. The first kappa shape index (κ1) is 77.1. The number of carbonyl (C=O) groups is 3. The van der Waals surface area contributed by atoms with E-state index in [9.17, 15) is 45.8 Å². The second kappa shape index (κ2) is 29.8. The Balaban J connectivity index is -0.000000180. The molecule has 402 valence electrons. The lowest BCUT2D eigenvalue weighted by Gasteiger charge is -2.39. The van der Waals surface area contributed by atoms with Crippen molar-refractivity contribution >= 4 is 55.1 Å². The van der Waals surface area contributed by atoms with Gasteiger partial charge in [-0.05, 0) is 157 Å². The molecule has 0 spiro atoms. The van der Waals surface area contributed by atoms with Crippen LogP contribution in [0.4, 0.5) is 26.3 Å². The number of hydrogen-bond acceptors (Lipinski definition) is 6. The highest BCUT2D eigenvalue weighted by molar-refractivity contribution is 15.0. The van der Waals surface area contributed by atoms with E-state index in [1.807, 2.05) is 34.6 Å². The third kappa shape index (κ3) is 17.1. The zero-order valence-corrected chi connectivity index (χ0v) is 40.7. The maximum atomic E-state index is 12.7. The van der Waals surface area contributed by atoms with Crippen LogP contribution >= 0.6 is 37.2 Å². The van der Waals surface area contributed by atoms with Crippen molar-refractivity contribution in [3.05, 3.63) is 0 Å². The van der Waals surface area contributed by atoms with E-state index < -0.39 is 42.2 Å². The van der Waals surface area contributed by atoms with Gasteiger partial charge >= 0.3 is 30.3 Å². The molecule has 0 amide bonds. The number of fused-ring (bicyclic) bond motifs is 6. The van der Waals surface area contributed by atoms with E-state index in [1.54, 1.807) is 20.3 Å². The maximum absolute atomic E-state index is 12.7. The second-order valence-electron chi connectivity index (χ2n) is 20.3. The van der Waals surface area contributed by atoms with Gasteiger partial charge in [-0.3, -0.25) is 14.4 Å². The number of halogens is 8. The number of esters is 3. The summed E-state index contributed by atoms with van der Waals surface area (Å²) in [6.45, 7) is 22.4. The summed E-state index contributed by atoms with van der Waals surface area (Å²) in [4.78, 5) is 33.4. The van der Waals surface area contributed by atoms with Crippen molar-refractivity contribution in [2.45, 2.75) is 230 Å². The van der Waals surface area contributed by atoms with E-state index >= 15 is 0 Å². The van der Waals surface area contributed by atoms with Gasteiger partial charge in [-0.15, -0.1) is 0 Å². The predicted octanol–water partition coefficient (Wildman–Crippen LogP) is 18.2. The molecule has 6 bridgehead atoms. The van der Waals surface area contributed by atoms with E-state index in [0.717, 1.165) is 41.9 Å². The number of hydrogen-bond donors (Lipinski definition) is 1. The largest absolute Gasteiger partial charge is 0.459 e. The summed E-state index contributed by atoms with van der Waals surface area (Å²) >= 11 is 4.24. The maximum Gasteiger partial charge on any atom is 0.426 e. The van der Waals surface area contributed by atoms with E-state index in [4.69, 9.17) is 4.74 Å². The molecule has 0 aromatic rings. The van der Waals surface area contributed by atoms with Gasteiger partial charge in [0, 0.05) is 43.1 Å². The molecule has 0 radical (unpaired) electrons. The zero-order valence-electron chi connectivity index (χ0n) is 36.4. The standard InChI is InChI=1S/C16H28O2.C13H18F6O.C9H16.C6H8O3.8CH4.I2/c1-6-15(2,3)14(17)18-16(4,5)13-10-11-7-8-12(13)9-11;1-6-7(2)10-4-8(6)3-9(10)5-11(20,12(14,15)16)13(17,18)19;1-6-7(2)9-4-3-8(6)5-9;1-3-4(2)6(8)9-5(3)7;;;;;;;;;1-2/h11-13H,6-10H2,1-5H3;6-10,20H,3-5H2,1-2H3;6-9H,3-5H2,1-2H3;3-4H,1-2H3;8*1H4;. The molecule has 6 aliphatic carbocycles. The van der Waals surface area contributed by atoms with Gasteiger partial charge in [0.15, 0.2) is 0 Å². The molecule has 66 heavy (non-hydrogen) atoms. The van der Waals surface area contributed by atoms with Gasteiger partial charge in [-0.25, -0.2) is 0 Å². The first-order chi connectivity index (χ1) is 26.6. The SMILES string of the molecule is C.C.C.C.C.C.C.C.CC1C(=O)OC(=O)C1C.CC1C2CC(CC(O)(C(F)(F)F)C(F)(F)F)C(C2)C1C.CC1C2CCC(C2)C1C.CCC(C)(C)C(=O)OC(C)(C)C1CC2CCC1C2.II. The third-order valence-electron chi connectivity index (χ3n) is 16.5. The minimum atomic E-state index is -5.69. The highest BCUT2D eigenvalue weighted by Crippen LogP contribution is 2.59. The van der Waals surface area contributed by atoms with Crippen LogP contribution in [-0.2, 0) is 23.9 Å². The van der Waals surface area contributed by atoms with Crippen LogP contribution in [0.3, 0.4) is 0 Å². The highest BCUT2D eigenvalue weighted by Gasteiger charge is 2.71. The predicted molar refractivity (Wildman–Crippen MR) is 283 cm³/mol. The Hall–Kier alpha value is -0.390. The molecule has 7 aliphatic rings. The molecule has 0 aromatic heterocycles. The Labute approximate surface area is 425 Å². The van der Waals surface area contributed by atoms with Crippen LogP contribution in [0.25, 0.3) is 0 Å². The van der Waals surface area contributed by atoms with Crippen molar-refractivity contribution in [2.75, 3.05) is 0 Å². The number of carbonyl (C=O) groups excluding carboxylic acids is 3. The van der Waals surface area contributed by atoms with Gasteiger partial charge in [0.2, 0.25) is 0 Å². The average Bonchev–Trinajstić information content (AvgIpc) is 4.03. The van der Waals surface area contributed by atoms with Crippen LogP contribution in [-0.4, -0.2) is 46.6 Å². The molecule has 14 atom stereocenters. The van der Waals surface area contributed by atoms with E-state index in [2.05, 4.69) is 69.7 Å². The number of ether oxygens (including phenoxy) is 2. The Kier molecular flexibility index (Phi) is 34.8. The molecule has 7 rings (SSSR count). The Morgan fingerprint density at radius 3 is 1.30 bits per heavy atom. The Morgan fingerprint density at radius 1 is 0.621 bits per heavy atom. The number of aliphatic hydroxyl groups is 1. The molecule has 6 nitrogen and oxygen atoms in total. The molecule has 7 fully saturated rings. The van der Waals surface area contributed by atoms with E-state index in [0.29, 0.717) is 24.7 Å². The molecule has 1 heterocycles. The third-order valence-corrected chi connectivity index (χ3v) is 16.5. The summed E-state index contributed by atoms with van der Waals surface area (Å²) in [5.74, 6) is 5.05. The molecule has 1 N–H and O–H groups in total. The van der Waals surface area contributed by atoms with Crippen molar-refractivity contribution in [3.8, 4) is 0 Å². The number of cyclic esters (lactones) is 2. The lowest BCUT2D eigenvalue weighted by molar-refractivity contribution is -0.373. The monoisotopic (exact) mass is 1190 g/mol. The van der Waals surface area contributed by atoms with Crippen molar-refractivity contribution < 1.29 is 55.3 Å². The fourth-order valence-corrected chi connectivity index (χ4v) is 11.4. The fraction of sp³-hybridized carbons (Fsp3) is 0.942. The lowest BCUT2D eigenvalue weighted by Crippen LogP contribution is -2.58. The van der Waals surface area contributed by atoms with Gasteiger partial charge in [-0.2, -0.15) is 26.3 Å². The molecule has 0 aromatic carbocycles. The smallest absolute Gasteiger partial charge is 0.426 e. The van der Waals surface area contributed by atoms with E-state index in [1.165, 1.54) is 38.5 Å². The highest BCUT2D eigenvalue weighted by atomic mass is 128. The molecule has 1 aliphatic heterocycles. The summed E-state index contributed by atoms with van der Waals surface area (Å²) in [6, 6.07) is 0.